The minimum absolute atomic E-state index is 0. The summed E-state index contributed by atoms with van der Waals surface area (Å²) < 4.78 is 26.9. The van der Waals surface area contributed by atoms with E-state index >= 15 is 0 Å². The predicted molar refractivity (Wildman–Crippen MR) is 109 cm³/mol. The molecule has 0 aliphatic heterocycles. The maximum absolute atomic E-state index is 12.8. The van der Waals surface area contributed by atoms with Crippen molar-refractivity contribution in [1.29, 1.82) is 0 Å². The summed E-state index contributed by atoms with van der Waals surface area (Å²) in [5, 5.41) is 2.79. The van der Waals surface area contributed by atoms with Gasteiger partial charge in [0.1, 0.15) is 0 Å². The molecule has 8 heteroatoms. The number of hydrogen-bond acceptors (Lipinski definition) is 4. The zero-order valence-electron chi connectivity index (χ0n) is 15.0. The Hall–Kier alpha value is -2.09. The number of para-hydroxylation sites is 1. The second kappa shape index (κ2) is 8.73. The first-order chi connectivity index (χ1) is 12.4. The normalized spacial score (nSPS) is 14.7. The number of halogens is 1. The number of amides is 1. The van der Waals surface area contributed by atoms with Crippen LogP contribution < -0.4 is 15.4 Å². The molecule has 0 saturated heterocycles. The van der Waals surface area contributed by atoms with E-state index in [1.165, 1.54) is 23.5 Å². The van der Waals surface area contributed by atoms with Gasteiger partial charge in [0, 0.05) is 25.2 Å². The summed E-state index contributed by atoms with van der Waals surface area (Å²) in [4.78, 5) is 12.4. The van der Waals surface area contributed by atoms with Gasteiger partial charge in [0.25, 0.3) is 15.9 Å². The quantitative estimate of drug-likeness (QED) is 0.734. The van der Waals surface area contributed by atoms with Crippen molar-refractivity contribution in [3.05, 3.63) is 60.2 Å². The number of nitrogens with two attached hydrogens (primary N) is 1. The Morgan fingerprint density at radius 3 is 2.48 bits per heavy atom. The summed E-state index contributed by atoms with van der Waals surface area (Å²) in [5.41, 5.74) is 6.85. The fourth-order valence-corrected chi connectivity index (χ4v) is 3.98. The summed E-state index contributed by atoms with van der Waals surface area (Å²) in [6, 6.07) is 14.8. The first-order valence-corrected chi connectivity index (χ1v) is 10.0. The fourth-order valence-electron chi connectivity index (χ4n) is 2.74. The maximum Gasteiger partial charge on any atom is 0.264 e. The summed E-state index contributed by atoms with van der Waals surface area (Å²) in [6.45, 7) is 0.393. The lowest BCUT2D eigenvalue weighted by molar-refractivity contribution is 0.0950. The molecule has 1 aliphatic rings. The molecule has 2 aromatic carbocycles. The molecule has 1 fully saturated rings. The molecular weight excluding hydrogens is 386 g/mol. The van der Waals surface area contributed by atoms with Gasteiger partial charge in [-0.2, -0.15) is 0 Å². The van der Waals surface area contributed by atoms with E-state index in [0.29, 0.717) is 23.7 Å². The van der Waals surface area contributed by atoms with E-state index in [2.05, 4.69) is 5.32 Å². The van der Waals surface area contributed by atoms with Crippen molar-refractivity contribution in [1.82, 2.24) is 5.32 Å². The molecule has 2 aromatic rings. The van der Waals surface area contributed by atoms with Gasteiger partial charge in [-0.3, -0.25) is 9.10 Å². The van der Waals surface area contributed by atoms with Crippen molar-refractivity contribution >= 4 is 34.0 Å². The Morgan fingerprint density at radius 2 is 1.85 bits per heavy atom. The molecule has 27 heavy (non-hydrogen) atoms. The summed E-state index contributed by atoms with van der Waals surface area (Å²) in [5.74, 6) is 0.169. The number of carbonyl (C=O) groups is 1. The molecule has 1 amide bonds. The van der Waals surface area contributed by atoms with Crippen LogP contribution in [0.3, 0.4) is 0 Å². The molecule has 0 heterocycles. The number of anilines is 1. The molecule has 3 N–H and O–H groups in total. The number of benzene rings is 2. The number of nitrogens with zero attached hydrogens (tertiary/aromatic N) is 1. The van der Waals surface area contributed by atoms with E-state index in [4.69, 9.17) is 5.73 Å². The topological polar surface area (TPSA) is 92.5 Å². The molecule has 0 radical (unpaired) electrons. The minimum Gasteiger partial charge on any atom is -0.350 e. The molecule has 1 saturated carbocycles. The highest BCUT2D eigenvalue weighted by molar-refractivity contribution is 7.92. The Bertz CT molecular complexity index is 886. The van der Waals surface area contributed by atoms with E-state index in [1.807, 2.05) is 6.07 Å². The van der Waals surface area contributed by atoms with Crippen molar-refractivity contribution in [2.45, 2.75) is 23.8 Å². The Labute approximate surface area is 166 Å². The molecule has 0 aromatic heterocycles. The first kappa shape index (κ1) is 21.2. The van der Waals surface area contributed by atoms with Gasteiger partial charge in [-0.25, -0.2) is 8.42 Å². The van der Waals surface area contributed by atoms with Crippen molar-refractivity contribution < 1.29 is 13.2 Å². The molecule has 1 atom stereocenters. The van der Waals surface area contributed by atoms with E-state index in [0.717, 1.165) is 12.8 Å². The van der Waals surface area contributed by atoms with E-state index < -0.39 is 10.0 Å². The SMILES string of the molecule is CN(c1ccccc1)S(=O)(=O)c1cccc(C(=O)NCC(N)C2CC2)c1.Cl. The average Bonchev–Trinajstić information content (AvgIpc) is 3.51. The second-order valence-corrected chi connectivity index (χ2v) is 8.52. The molecule has 1 unspecified atom stereocenters. The molecule has 146 valence electrons. The number of sulfonamides is 1. The van der Waals surface area contributed by atoms with Crippen LogP contribution in [0.4, 0.5) is 5.69 Å². The lowest BCUT2D eigenvalue weighted by atomic mass is 10.2. The van der Waals surface area contributed by atoms with Gasteiger partial charge >= 0.3 is 0 Å². The highest BCUT2D eigenvalue weighted by Gasteiger charge is 2.28. The van der Waals surface area contributed by atoms with Gasteiger partial charge in [-0.15, -0.1) is 12.4 Å². The molecule has 0 spiro atoms. The summed E-state index contributed by atoms with van der Waals surface area (Å²) in [7, 11) is -2.26. The number of hydrogen-bond donors (Lipinski definition) is 2. The summed E-state index contributed by atoms with van der Waals surface area (Å²) in [6.07, 6.45) is 2.22. The molecule has 3 rings (SSSR count). The van der Waals surface area contributed by atoms with Crippen LogP contribution in [0.1, 0.15) is 23.2 Å². The largest absolute Gasteiger partial charge is 0.350 e. The number of carbonyl (C=O) groups excluding carboxylic acids is 1. The van der Waals surface area contributed by atoms with E-state index in [1.54, 1.807) is 36.4 Å². The van der Waals surface area contributed by atoms with Gasteiger partial charge < -0.3 is 11.1 Å². The predicted octanol–water partition coefficient (Wildman–Crippen LogP) is 2.40. The van der Waals surface area contributed by atoms with Crippen LogP contribution in [-0.2, 0) is 10.0 Å². The standard InChI is InChI=1S/C19H23N3O3S.ClH/c1-22(16-7-3-2-4-8-16)26(24,25)17-9-5-6-15(12-17)19(23)21-13-18(20)14-10-11-14;/h2-9,12,14,18H,10-11,13,20H2,1H3,(H,21,23);1H. The van der Waals surface area contributed by atoms with Crippen molar-refractivity contribution in [3.8, 4) is 0 Å². The smallest absolute Gasteiger partial charge is 0.264 e. The van der Waals surface area contributed by atoms with Crippen LogP contribution in [-0.4, -0.2) is 34.0 Å². The van der Waals surface area contributed by atoms with Gasteiger partial charge in [0.15, 0.2) is 0 Å². The zero-order valence-corrected chi connectivity index (χ0v) is 16.7. The number of rotatable bonds is 7. The molecule has 1 aliphatic carbocycles. The van der Waals surface area contributed by atoms with Gasteiger partial charge in [-0.1, -0.05) is 24.3 Å². The minimum atomic E-state index is -3.75. The van der Waals surface area contributed by atoms with Crippen LogP contribution in [0.15, 0.2) is 59.5 Å². The second-order valence-electron chi connectivity index (χ2n) is 6.55. The van der Waals surface area contributed by atoms with Crippen molar-refractivity contribution in [2.24, 2.45) is 11.7 Å². The Balaban J connectivity index is 0.00000261. The highest BCUT2D eigenvalue weighted by atomic mass is 35.5. The van der Waals surface area contributed by atoms with E-state index in [-0.39, 0.29) is 29.3 Å². The monoisotopic (exact) mass is 409 g/mol. The van der Waals surface area contributed by atoms with Crippen LogP contribution in [0.5, 0.6) is 0 Å². The molecule has 6 nitrogen and oxygen atoms in total. The van der Waals surface area contributed by atoms with Crippen LogP contribution in [0.2, 0.25) is 0 Å². The lowest BCUT2D eigenvalue weighted by Gasteiger charge is -2.19. The third-order valence-electron chi connectivity index (χ3n) is 4.60. The van der Waals surface area contributed by atoms with Crippen LogP contribution in [0.25, 0.3) is 0 Å². The van der Waals surface area contributed by atoms with Gasteiger partial charge in [0.05, 0.1) is 10.6 Å². The third kappa shape index (κ3) is 5.00. The fraction of sp³-hybridized carbons (Fsp3) is 0.316. The highest BCUT2D eigenvalue weighted by Crippen LogP contribution is 2.31. The van der Waals surface area contributed by atoms with Gasteiger partial charge in [0.2, 0.25) is 0 Å². The van der Waals surface area contributed by atoms with E-state index in [9.17, 15) is 13.2 Å². The Kier molecular flexibility index (Phi) is 6.86. The zero-order chi connectivity index (χ0) is 18.7. The molecular formula is C19H24ClN3O3S. The summed E-state index contributed by atoms with van der Waals surface area (Å²) >= 11 is 0. The van der Waals surface area contributed by atoms with Crippen LogP contribution in [0, 0.1) is 5.92 Å². The Morgan fingerprint density at radius 1 is 1.19 bits per heavy atom. The average molecular weight is 410 g/mol. The molecule has 0 bridgehead atoms. The number of nitrogens with one attached hydrogen (secondary N) is 1. The van der Waals surface area contributed by atoms with Crippen molar-refractivity contribution in [2.75, 3.05) is 17.9 Å². The van der Waals surface area contributed by atoms with Crippen LogP contribution >= 0.6 is 12.4 Å². The maximum atomic E-state index is 12.8. The third-order valence-corrected chi connectivity index (χ3v) is 6.38. The first-order valence-electron chi connectivity index (χ1n) is 8.57. The van der Waals surface area contributed by atoms with Gasteiger partial charge in [-0.05, 0) is 49.1 Å². The lowest BCUT2D eigenvalue weighted by Crippen LogP contribution is -2.38. The van der Waals surface area contributed by atoms with Crippen molar-refractivity contribution in [3.63, 3.8) is 0 Å².